The molecule has 31 heavy (non-hydrogen) atoms. The van der Waals surface area contributed by atoms with Crippen LogP contribution in [0.4, 0.5) is 13.2 Å². The minimum absolute atomic E-state index is 0.125. The molecular formula is C22H18F3N5O. The van der Waals surface area contributed by atoms with Crippen LogP contribution >= 0.6 is 0 Å². The number of nitrogens with zero attached hydrogens (tertiary/aromatic N) is 4. The molecule has 0 bridgehead atoms. The molecule has 1 unspecified atom stereocenters. The first-order valence-corrected chi connectivity index (χ1v) is 9.53. The normalized spacial score (nSPS) is 16.4. The summed E-state index contributed by atoms with van der Waals surface area (Å²) in [7, 11) is 0. The van der Waals surface area contributed by atoms with Gasteiger partial charge in [0.1, 0.15) is 0 Å². The molecule has 4 rings (SSSR count). The Morgan fingerprint density at radius 3 is 2.58 bits per heavy atom. The second kappa shape index (κ2) is 8.65. The van der Waals surface area contributed by atoms with Gasteiger partial charge in [-0.05, 0) is 29.3 Å². The molecule has 3 aromatic rings. The highest BCUT2D eigenvalue weighted by atomic mass is 19.2. The number of hydrogen-bond donors (Lipinski definition) is 1. The third kappa shape index (κ3) is 4.46. The molecule has 1 atom stereocenters. The second-order valence-electron chi connectivity index (χ2n) is 7.07. The highest BCUT2D eigenvalue weighted by Crippen LogP contribution is 2.32. The molecule has 9 heteroatoms. The van der Waals surface area contributed by atoms with Gasteiger partial charge in [-0.3, -0.25) is 4.79 Å². The quantitative estimate of drug-likeness (QED) is 0.676. The molecule has 0 aliphatic heterocycles. The number of hydrogen-bond acceptors (Lipinski definition) is 5. The Kier molecular flexibility index (Phi) is 5.77. The molecule has 158 valence electrons. The van der Waals surface area contributed by atoms with E-state index in [9.17, 15) is 18.0 Å². The SMILES string of the molecule is NCc1cnc(-c2cccc(Cn3nc(C4=CC(F)=C(F)C(F)C4)ccc3=O)c2)nc1. The lowest BCUT2D eigenvalue weighted by molar-refractivity contribution is 0.314. The topological polar surface area (TPSA) is 86.7 Å². The average Bonchev–Trinajstić information content (AvgIpc) is 2.79. The molecule has 2 N–H and O–H groups in total. The van der Waals surface area contributed by atoms with E-state index in [0.29, 0.717) is 12.4 Å². The minimum Gasteiger partial charge on any atom is -0.326 e. The Bertz CT molecular complexity index is 1230. The smallest absolute Gasteiger partial charge is 0.267 e. The van der Waals surface area contributed by atoms with Crippen LogP contribution in [0.3, 0.4) is 0 Å². The zero-order valence-electron chi connectivity index (χ0n) is 16.3. The van der Waals surface area contributed by atoms with Crippen molar-refractivity contribution in [1.82, 2.24) is 19.7 Å². The summed E-state index contributed by atoms with van der Waals surface area (Å²) in [5.41, 5.74) is 7.90. The fraction of sp³-hybridized carbons (Fsp3) is 0.182. The number of rotatable bonds is 5. The van der Waals surface area contributed by atoms with E-state index in [1.54, 1.807) is 18.5 Å². The van der Waals surface area contributed by atoms with Crippen molar-refractivity contribution in [1.29, 1.82) is 0 Å². The van der Waals surface area contributed by atoms with Gasteiger partial charge in [-0.1, -0.05) is 18.2 Å². The van der Waals surface area contributed by atoms with Gasteiger partial charge >= 0.3 is 0 Å². The highest BCUT2D eigenvalue weighted by Gasteiger charge is 2.25. The maximum Gasteiger partial charge on any atom is 0.267 e. The molecule has 2 heterocycles. The average molecular weight is 425 g/mol. The van der Waals surface area contributed by atoms with Gasteiger partial charge in [0.2, 0.25) is 0 Å². The van der Waals surface area contributed by atoms with E-state index in [0.717, 1.165) is 22.8 Å². The van der Waals surface area contributed by atoms with Crippen molar-refractivity contribution >= 4 is 5.57 Å². The molecule has 0 amide bonds. The van der Waals surface area contributed by atoms with Crippen LogP contribution < -0.4 is 11.3 Å². The van der Waals surface area contributed by atoms with E-state index in [-0.39, 0.29) is 29.8 Å². The van der Waals surface area contributed by atoms with E-state index >= 15 is 0 Å². The maximum atomic E-state index is 13.7. The van der Waals surface area contributed by atoms with E-state index in [2.05, 4.69) is 15.1 Å². The largest absolute Gasteiger partial charge is 0.326 e. The Hall–Kier alpha value is -3.59. The van der Waals surface area contributed by atoms with Crippen LogP contribution in [0.2, 0.25) is 0 Å². The van der Waals surface area contributed by atoms with Crippen LogP contribution in [0, 0.1) is 0 Å². The van der Waals surface area contributed by atoms with Crippen molar-refractivity contribution in [3.05, 3.63) is 93.7 Å². The number of aromatic nitrogens is 4. The van der Waals surface area contributed by atoms with Crippen molar-refractivity contribution < 1.29 is 13.2 Å². The summed E-state index contributed by atoms with van der Waals surface area (Å²) in [6.45, 7) is 0.470. The van der Waals surface area contributed by atoms with Gasteiger partial charge in [0.15, 0.2) is 23.6 Å². The van der Waals surface area contributed by atoms with Gasteiger partial charge < -0.3 is 5.73 Å². The molecule has 1 aromatic carbocycles. The van der Waals surface area contributed by atoms with E-state index in [1.807, 2.05) is 18.2 Å². The Morgan fingerprint density at radius 2 is 1.87 bits per heavy atom. The lowest BCUT2D eigenvalue weighted by Crippen LogP contribution is -2.24. The summed E-state index contributed by atoms with van der Waals surface area (Å²) in [4.78, 5) is 20.9. The predicted molar refractivity (Wildman–Crippen MR) is 110 cm³/mol. The third-order valence-electron chi connectivity index (χ3n) is 4.86. The zero-order chi connectivity index (χ0) is 22.0. The first-order chi connectivity index (χ1) is 14.9. The van der Waals surface area contributed by atoms with Gasteiger partial charge in [0.05, 0.1) is 12.2 Å². The van der Waals surface area contributed by atoms with Crippen LogP contribution in [0.5, 0.6) is 0 Å². The molecule has 2 aromatic heterocycles. The second-order valence-corrected chi connectivity index (χ2v) is 7.07. The fourth-order valence-electron chi connectivity index (χ4n) is 3.22. The summed E-state index contributed by atoms with van der Waals surface area (Å²) in [5, 5.41) is 4.22. The Morgan fingerprint density at radius 1 is 1.10 bits per heavy atom. The maximum absolute atomic E-state index is 13.7. The number of alkyl halides is 1. The number of halogens is 3. The fourth-order valence-corrected chi connectivity index (χ4v) is 3.22. The van der Waals surface area contributed by atoms with Gasteiger partial charge in [0, 0.05) is 42.6 Å². The molecule has 1 aliphatic carbocycles. The van der Waals surface area contributed by atoms with E-state index in [4.69, 9.17) is 5.73 Å². The molecule has 0 spiro atoms. The van der Waals surface area contributed by atoms with Crippen LogP contribution in [0.15, 0.2) is 71.3 Å². The molecule has 6 nitrogen and oxygen atoms in total. The summed E-state index contributed by atoms with van der Waals surface area (Å²) in [6, 6.07) is 9.92. The molecular weight excluding hydrogens is 407 g/mol. The lowest BCUT2D eigenvalue weighted by Gasteiger charge is -2.16. The first-order valence-electron chi connectivity index (χ1n) is 9.53. The van der Waals surface area contributed by atoms with Gasteiger partial charge in [-0.2, -0.15) is 5.10 Å². The molecule has 1 aliphatic rings. The lowest BCUT2D eigenvalue weighted by atomic mass is 9.99. The zero-order valence-corrected chi connectivity index (χ0v) is 16.3. The molecule has 0 radical (unpaired) electrons. The Balaban J connectivity index is 1.62. The van der Waals surface area contributed by atoms with Gasteiger partial charge in [-0.15, -0.1) is 0 Å². The minimum atomic E-state index is -2.07. The van der Waals surface area contributed by atoms with Crippen molar-refractivity contribution in [2.75, 3.05) is 0 Å². The number of benzene rings is 1. The highest BCUT2D eigenvalue weighted by molar-refractivity contribution is 5.67. The monoisotopic (exact) mass is 425 g/mol. The summed E-state index contributed by atoms with van der Waals surface area (Å²) in [5.74, 6) is -2.17. The van der Waals surface area contributed by atoms with Crippen LogP contribution in [0.25, 0.3) is 17.0 Å². The van der Waals surface area contributed by atoms with E-state index < -0.39 is 17.8 Å². The number of allylic oxidation sites excluding steroid dienone is 4. The van der Waals surface area contributed by atoms with Crippen molar-refractivity contribution in [2.45, 2.75) is 25.7 Å². The third-order valence-corrected chi connectivity index (χ3v) is 4.86. The van der Waals surface area contributed by atoms with Crippen molar-refractivity contribution in [3.8, 4) is 11.4 Å². The standard InChI is InChI=1S/C22H18F3N5O/c23-17-7-16(8-18(24)21(17)25)19-4-5-20(31)30(29-19)12-13-2-1-3-15(6-13)22-27-10-14(9-26)11-28-22/h1-7,10-11,18H,8-9,12,26H2. The first kappa shape index (κ1) is 20.7. The van der Waals surface area contributed by atoms with Crippen molar-refractivity contribution in [2.24, 2.45) is 5.73 Å². The number of nitrogens with two attached hydrogens (primary N) is 1. The summed E-state index contributed by atoms with van der Waals surface area (Å²) in [6.07, 6.45) is 1.79. The van der Waals surface area contributed by atoms with Crippen molar-refractivity contribution in [3.63, 3.8) is 0 Å². The van der Waals surface area contributed by atoms with Gasteiger partial charge in [-0.25, -0.2) is 27.8 Å². The van der Waals surface area contributed by atoms with Crippen LogP contribution in [-0.4, -0.2) is 25.9 Å². The summed E-state index contributed by atoms with van der Waals surface area (Å²) >= 11 is 0. The Labute approximate surface area is 175 Å². The van der Waals surface area contributed by atoms with E-state index in [1.165, 1.54) is 16.8 Å². The molecule has 0 fully saturated rings. The van der Waals surface area contributed by atoms with Gasteiger partial charge in [0.25, 0.3) is 5.56 Å². The summed E-state index contributed by atoms with van der Waals surface area (Å²) < 4.78 is 41.8. The predicted octanol–water partition coefficient (Wildman–Crippen LogP) is 3.48. The van der Waals surface area contributed by atoms with Crippen LogP contribution in [-0.2, 0) is 13.1 Å². The van der Waals surface area contributed by atoms with Crippen LogP contribution in [0.1, 0.15) is 23.2 Å². The molecule has 0 saturated carbocycles. The molecule has 0 saturated heterocycles.